The summed E-state index contributed by atoms with van der Waals surface area (Å²) >= 11 is 0. The van der Waals surface area contributed by atoms with Crippen LogP contribution < -0.4 is 10.5 Å². The summed E-state index contributed by atoms with van der Waals surface area (Å²) in [6, 6.07) is 8.12. The fraction of sp³-hybridized carbons (Fsp3) is 0.611. The van der Waals surface area contributed by atoms with Crippen molar-refractivity contribution < 1.29 is 9.47 Å². The number of rotatable bonds is 7. The average molecular weight is 304 g/mol. The molecule has 1 aliphatic carbocycles. The van der Waals surface area contributed by atoms with Gasteiger partial charge in [-0.25, -0.2) is 0 Å². The Balaban J connectivity index is 1.95. The predicted molar refractivity (Wildman–Crippen MR) is 90.4 cm³/mol. The highest BCUT2D eigenvalue weighted by molar-refractivity contribution is 5.80. The topological polar surface area (TPSA) is 56.8 Å². The fourth-order valence-electron chi connectivity index (χ4n) is 2.99. The largest absolute Gasteiger partial charge is 0.493 e. The zero-order valence-electron chi connectivity index (χ0n) is 13.8. The summed E-state index contributed by atoms with van der Waals surface area (Å²) in [5.41, 5.74) is 6.90. The van der Waals surface area contributed by atoms with Crippen molar-refractivity contribution in [2.75, 3.05) is 20.8 Å². The summed E-state index contributed by atoms with van der Waals surface area (Å²) in [5, 5.41) is 0. The standard InChI is InChI=1S/C18H28N2O2/c1-20-18(19)12-17(21-2)15-9-6-10-16(11-15)22-13-14-7-4-3-5-8-14/h6,9-11,14,17H,3-5,7-8,12-13H2,1-2H3,(H2,19,20). The minimum atomic E-state index is -0.0815. The summed E-state index contributed by atoms with van der Waals surface area (Å²) in [7, 11) is 3.40. The molecule has 0 aromatic heterocycles. The van der Waals surface area contributed by atoms with Crippen molar-refractivity contribution in [3.63, 3.8) is 0 Å². The summed E-state index contributed by atoms with van der Waals surface area (Å²) in [4.78, 5) is 4.00. The van der Waals surface area contributed by atoms with Gasteiger partial charge in [0.1, 0.15) is 5.75 Å². The van der Waals surface area contributed by atoms with E-state index in [9.17, 15) is 0 Å². The van der Waals surface area contributed by atoms with Crippen LogP contribution in [0.5, 0.6) is 5.75 Å². The van der Waals surface area contributed by atoms with Gasteiger partial charge < -0.3 is 15.2 Å². The van der Waals surface area contributed by atoms with Crippen LogP contribution in [0, 0.1) is 5.92 Å². The van der Waals surface area contributed by atoms with Gasteiger partial charge in [0.2, 0.25) is 0 Å². The maximum atomic E-state index is 6.00. The average Bonchev–Trinajstić information content (AvgIpc) is 2.58. The van der Waals surface area contributed by atoms with Gasteiger partial charge in [0.25, 0.3) is 0 Å². The lowest BCUT2D eigenvalue weighted by Gasteiger charge is -2.22. The maximum absolute atomic E-state index is 6.00. The Hall–Kier alpha value is -1.55. The molecule has 1 aromatic rings. The highest BCUT2D eigenvalue weighted by atomic mass is 16.5. The highest BCUT2D eigenvalue weighted by Gasteiger charge is 2.15. The number of nitrogens with two attached hydrogens (primary N) is 1. The lowest BCUT2D eigenvalue weighted by molar-refractivity contribution is 0.109. The van der Waals surface area contributed by atoms with Crippen LogP contribution >= 0.6 is 0 Å². The van der Waals surface area contributed by atoms with E-state index >= 15 is 0 Å². The quantitative estimate of drug-likeness (QED) is 0.617. The lowest BCUT2D eigenvalue weighted by atomic mass is 9.90. The number of hydrogen-bond donors (Lipinski definition) is 1. The molecule has 122 valence electrons. The second kappa shape index (κ2) is 8.79. The van der Waals surface area contributed by atoms with Crippen LogP contribution in [-0.2, 0) is 4.74 Å². The van der Waals surface area contributed by atoms with Gasteiger partial charge in [-0.1, -0.05) is 31.4 Å². The Bertz CT molecular complexity index is 482. The molecule has 1 fully saturated rings. The van der Waals surface area contributed by atoms with E-state index in [0.29, 0.717) is 18.2 Å². The molecular formula is C18H28N2O2. The Morgan fingerprint density at radius 2 is 2.09 bits per heavy atom. The van der Waals surface area contributed by atoms with Crippen LogP contribution in [-0.4, -0.2) is 26.6 Å². The molecule has 22 heavy (non-hydrogen) atoms. The van der Waals surface area contributed by atoms with Crippen molar-refractivity contribution in [1.82, 2.24) is 0 Å². The number of amidine groups is 1. The van der Waals surface area contributed by atoms with E-state index in [-0.39, 0.29) is 6.10 Å². The molecule has 4 nitrogen and oxygen atoms in total. The molecule has 0 saturated heterocycles. The molecule has 1 saturated carbocycles. The van der Waals surface area contributed by atoms with Crippen LogP contribution in [0.3, 0.4) is 0 Å². The first kappa shape index (κ1) is 16.8. The summed E-state index contributed by atoms with van der Waals surface area (Å²) < 4.78 is 11.5. The van der Waals surface area contributed by atoms with E-state index in [2.05, 4.69) is 11.1 Å². The van der Waals surface area contributed by atoms with Crippen molar-refractivity contribution in [3.8, 4) is 5.75 Å². The fourth-order valence-corrected chi connectivity index (χ4v) is 2.99. The molecule has 4 heteroatoms. The number of ether oxygens (including phenoxy) is 2. The van der Waals surface area contributed by atoms with Crippen LogP contribution in [0.15, 0.2) is 29.3 Å². The third-order valence-corrected chi connectivity index (χ3v) is 4.41. The van der Waals surface area contributed by atoms with E-state index in [0.717, 1.165) is 17.9 Å². The number of aliphatic imine (C=N–C) groups is 1. The Kier molecular flexibility index (Phi) is 6.72. The van der Waals surface area contributed by atoms with Crippen LogP contribution in [0.4, 0.5) is 0 Å². The Morgan fingerprint density at radius 1 is 1.32 bits per heavy atom. The second-order valence-electron chi connectivity index (χ2n) is 6.03. The van der Waals surface area contributed by atoms with Crippen LogP contribution in [0.2, 0.25) is 0 Å². The summed E-state index contributed by atoms with van der Waals surface area (Å²) in [5.74, 6) is 2.22. The minimum Gasteiger partial charge on any atom is -0.493 e. The molecular weight excluding hydrogens is 276 g/mol. The molecule has 0 aliphatic heterocycles. The SMILES string of the molecule is CN=C(N)CC(OC)c1cccc(OCC2CCCCC2)c1. The highest BCUT2D eigenvalue weighted by Crippen LogP contribution is 2.27. The lowest BCUT2D eigenvalue weighted by Crippen LogP contribution is -2.17. The monoisotopic (exact) mass is 304 g/mol. The van der Waals surface area contributed by atoms with Crippen LogP contribution in [0.1, 0.15) is 50.2 Å². The molecule has 0 heterocycles. The first-order chi connectivity index (χ1) is 10.7. The minimum absolute atomic E-state index is 0.0815. The first-order valence-corrected chi connectivity index (χ1v) is 8.19. The second-order valence-corrected chi connectivity index (χ2v) is 6.03. The third-order valence-electron chi connectivity index (χ3n) is 4.41. The third kappa shape index (κ3) is 5.02. The summed E-state index contributed by atoms with van der Waals surface area (Å²) in [6.07, 6.45) is 7.17. The number of hydrogen-bond acceptors (Lipinski definition) is 3. The van der Waals surface area contributed by atoms with E-state index in [1.165, 1.54) is 32.1 Å². The van der Waals surface area contributed by atoms with Gasteiger partial charge in [-0.15, -0.1) is 0 Å². The number of methoxy groups -OCH3 is 1. The van der Waals surface area contributed by atoms with E-state index in [4.69, 9.17) is 15.2 Å². The zero-order valence-corrected chi connectivity index (χ0v) is 13.8. The van der Waals surface area contributed by atoms with Crippen molar-refractivity contribution in [3.05, 3.63) is 29.8 Å². The van der Waals surface area contributed by atoms with Gasteiger partial charge in [0.05, 0.1) is 18.5 Å². The maximum Gasteiger partial charge on any atom is 0.119 e. The number of nitrogens with zero attached hydrogens (tertiary/aromatic N) is 1. The smallest absolute Gasteiger partial charge is 0.119 e. The van der Waals surface area contributed by atoms with Crippen molar-refractivity contribution >= 4 is 5.84 Å². The van der Waals surface area contributed by atoms with Gasteiger partial charge in [-0.3, -0.25) is 4.99 Å². The summed E-state index contributed by atoms with van der Waals surface area (Å²) in [6.45, 7) is 0.819. The van der Waals surface area contributed by atoms with Gasteiger partial charge in [0.15, 0.2) is 0 Å². The molecule has 0 amide bonds. The Morgan fingerprint density at radius 3 is 2.77 bits per heavy atom. The first-order valence-electron chi connectivity index (χ1n) is 8.19. The van der Waals surface area contributed by atoms with Crippen molar-refractivity contribution in [2.24, 2.45) is 16.6 Å². The molecule has 1 aromatic carbocycles. The van der Waals surface area contributed by atoms with Crippen molar-refractivity contribution in [2.45, 2.75) is 44.6 Å². The molecule has 1 atom stereocenters. The molecule has 2 rings (SSSR count). The van der Waals surface area contributed by atoms with Crippen LogP contribution in [0.25, 0.3) is 0 Å². The molecule has 2 N–H and O–H groups in total. The zero-order chi connectivity index (χ0) is 15.8. The Labute approximate surface area is 133 Å². The normalized spacial score (nSPS) is 18.2. The molecule has 1 aliphatic rings. The van der Waals surface area contributed by atoms with Gasteiger partial charge in [0, 0.05) is 20.6 Å². The van der Waals surface area contributed by atoms with E-state index in [1.807, 2.05) is 18.2 Å². The molecule has 0 radical (unpaired) electrons. The van der Waals surface area contributed by atoms with Crippen molar-refractivity contribution in [1.29, 1.82) is 0 Å². The molecule has 1 unspecified atom stereocenters. The molecule has 0 spiro atoms. The van der Waals surface area contributed by atoms with E-state index < -0.39 is 0 Å². The molecule has 0 bridgehead atoms. The number of benzene rings is 1. The van der Waals surface area contributed by atoms with Gasteiger partial charge in [-0.05, 0) is 36.5 Å². The van der Waals surface area contributed by atoms with E-state index in [1.54, 1.807) is 14.2 Å². The van der Waals surface area contributed by atoms with Gasteiger partial charge >= 0.3 is 0 Å². The van der Waals surface area contributed by atoms with Gasteiger partial charge in [-0.2, -0.15) is 0 Å². The predicted octanol–water partition coefficient (Wildman–Crippen LogP) is 3.71.